The number of rotatable bonds is 6. The number of hydrogen-bond donors (Lipinski definition) is 2. The van der Waals surface area contributed by atoms with Gasteiger partial charge in [-0.1, -0.05) is 18.2 Å². The minimum Gasteiger partial charge on any atom is -0.455 e. The van der Waals surface area contributed by atoms with Crippen LogP contribution in [0.5, 0.6) is 0 Å². The Morgan fingerprint density at radius 2 is 1.84 bits per heavy atom. The molecule has 2 aromatic heterocycles. The number of aromatic amines is 1. The van der Waals surface area contributed by atoms with E-state index in [-0.39, 0.29) is 23.1 Å². The first-order valence-corrected chi connectivity index (χ1v) is 15.8. The zero-order valence-corrected chi connectivity index (χ0v) is 24.8. The highest BCUT2D eigenvalue weighted by atomic mass is 32.2. The van der Waals surface area contributed by atoms with Crippen molar-refractivity contribution in [2.45, 2.75) is 18.8 Å². The van der Waals surface area contributed by atoms with Gasteiger partial charge in [0.05, 0.1) is 17.5 Å². The number of fused-ring (bicyclic) bond motifs is 2. The number of nitrogens with one attached hydrogen (secondary N) is 2. The van der Waals surface area contributed by atoms with E-state index in [1.807, 2.05) is 30.3 Å². The van der Waals surface area contributed by atoms with E-state index in [1.54, 1.807) is 17.0 Å². The maximum absolute atomic E-state index is 13.7. The van der Waals surface area contributed by atoms with Gasteiger partial charge in [0.25, 0.3) is 11.8 Å². The van der Waals surface area contributed by atoms with E-state index < -0.39 is 21.7 Å². The summed E-state index contributed by atoms with van der Waals surface area (Å²) in [7, 11) is -0.687. The first kappa shape index (κ1) is 28.5. The highest BCUT2D eigenvalue weighted by Crippen LogP contribution is 2.42. The summed E-state index contributed by atoms with van der Waals surface area (Å²) in [5.41, 5.74) is 3.54. The number of furan rings is 1. The lowest BCUT2D eigenvalue weighted by Gasteiger charge is -2.34. The number of H-pyrrole nitrogens is 1. The van der Waals surface area contributed by atoms with Crippen molar-refractivity contribution in [1.29, 1.82) is 0 Å². The molecule has 222 valence electrons. The highest BCUT2D eigenvalue weighted by molar-refractivity contribution is 7.92. The Bertz CT molecular complexity index is 1950. The molecule has 9 nitrogen and oxygen atoms in total. The Balaban J connectivity index is 1.46. The van der Waals surface area contributed by atoms with Crippen LogP contribution in [0.2, 0.25) is 0 Å². The lowest BCUT2D eigenvalue weighted by molar-refractivity contribution is 0.0702. The van der Waals surface area contributed by atoms with Gasteiger partial charge in [0.1, 0.15) is 22.9 Å². The molecule has 1 unspecified atom stereocenters. The average molecular weight is 603 g/mol. The third-order valence-electron chi connectivity index (χ3n) is 8.14. The summed E-state index contributed by atoms with van der Waals surface area (Å²) in [6, 6.07) is 18.6. The Morgan fingerprint density at radius 1 is 1.09 bits per heavy atom. The van der Waals surface area contributed by atoms with Crippen molar-refractivity contribution in [3.8, 4) is 11.3 Å². The molecule has 1 fully saturated rings. The summed E-state index contributed by atoms with van der Waals surface area (Å²) in [5, 5.41) is 4.10. The fourth-order valence-electron chi connectivity index (χ4n) is 5.86. The van der Waals surface area contributed by atoms with Crippen molar-refractivity contribution in [3.63, 3.8) is 0 Å². The monoisotopic (exact) mass is 602 g/mol. The molecule has 6 rings (SSSR count). The van der Waals surface area contributed by atoms with Gasteiger partial charge in [0, 0.05) is 61.0 Å². The third-order valence-corrected chi connectivity index (χ3v) is 9.33. The largest absolute Gasteiger partial charge is 0.455 e. The molecule has 11 heteroatoms. The normalized spacial score (nSPS) is 15.6. The number of sulfonamides is 1. The molecule has 0 aliphatic carbocycles. The van der Waals surface area contributed by atoms with Gasteiger partial charge in [-0.25, -0.2) is 12.8 Å². The van der Waals surface area contributed by atoms with Gasteiger partial charge >= 0.3 is 0 Å². The topological polar surface area (TPSA) is 116 Å². The summed E-state index contributed by atoms with van der Waals surface area (Å²) in [6.45, 7) is 0.927. The Morgan fingerprint density at radius 3 is 2.53 bits per heavy atom. The van der Waals surface area contributed by atoms with Crippen LogP contribution in [-0.4, -0.2) is 63.6 Å². The molecule has 2 N–H and O–H groups in total. The molecule has 0 saturated carbocycles. The van der Waals surface area contributed by atoms with Gasteiger partial charge in [-0.2, -0.15) is 0 Å². The van der Waals surface area contributed by atoms with Crippen LogP contribution in [0.3, 0.4) is 0 Å². The van der Waals surface area contributed by atoms with Crippen LogP contribution in [0.25, 0.3) is 33.2 Å². The smallest absolute Gasteiger partial charge is 0.270 e. The van der Waals surface area contributed by atoms with Crippen LogP contribution < -0.4 is 9.62 Å². The molecule has 5 aromatic rings. The molecule has 3 aromatic carbocycles. The number of amides is 2. The van der Waals surface area contributed by atoms with Gasteiger partial charge in [-0.05, 0) is 60.9 Å². The molecule has 0 radical (unpaired) electrons. The Kier molecular flexibility index (Phi) is 7.21. The maximum Gasteiger partial charge on any atom is 0.270 e. The summed E-state index contributed by atoms with van der Waals surface area (Å²) in [5.74, 6) is -0.920. The molecule has 0 spiro atoms. The number of carbonyl (C=O) groups excluding carboxylic acids is 2. The van der Waals surface area contributed by atoms with Crippen molar-refractivity contribution in [2.24, 2.45) is 0 Å². The number of piperidine rings is 1. The number of hydrogen-bond acceptors (Lipinski definition) is 5. The fourth-order valence-corrected chi connectivity index (χ4v) is 6.37. The van der Waals surface area contributed by atoms with Crippen LogP contribution >= 0.6 is 0 Å². The number of halogens is 1. The summed E-state index contributed by atoms with van der Waals surface area (Å²) in [4.78, 5) is 31.8. The van der Waals surface area contributed by atoms with E-state index in [0.29, 0.717) is 59.4 Å². The van der Waals surface area contributed by atoms with Crippen molar-refractivity contribution < 1.29 is 26.8 Å². The van der Waals surface area contributed by atoms with E-state index >= 15 is 0 Å². The van der Waals surface area contributed by atoms with E-state index in [0.717, 1.165) is 17.2 Å². The predicted octanol–water partition coefficient (Wildman–Crippen LogP) is 5.50. The first-order valence-electron chi connectivity index (χ1n) is 13.9. The second-order valence-corrected chi connectivity index (χ2v) is 12.9. The molecule has 1 saturated heterocycles. The summed E-state index contributed by atoms with van der Waals surface area (Å²) >= 11 is 0. The molecule has 3 heterocycles. The number of anilines is 1. The zero-order valence-electron chi connectivity index (χ0n) is 24.0. The molecule has 1 aliphatic rings. The lowest BCUT2D eigenvalue weighted by atomic mass is 9.88. The number of aromatic nitrogens is 1. The number of nitrogens with zero attached hydrogens (tertiary/aromatic N) is 2. The van der Waals surface area contributed by atoms with E-state index in [2.05, 4.69) is 10.3 Å². The van der Waals surface area contributed by atoms with Crippen LogP contribution in [0.1, 0.15) is 45.2 Å². The molecule has 0 bridgehead atoms. The standard InChI is InChI=1S/C32H31FN4O5S/c1-34-31(38)29-24-16-23(21-8-6-14-37(18-21)32(39)26-15-20-7-4-5-9-25(20)35-26)27(36(2)43(3,40)41)17-28(24)42-30(29)19-10-12-22(33)13-11-19/h4-5,7,9-13,15-17,21,35H,6,8,14,18H2,1-3H3,(H,34,38). The van der Waals surface area contributed by atoms with Crippen molar-refractivity contribution in [1.82, 2.24) is 15.2 Å². The van der Waals surface area contributed by atoms with E-state index in [4.69, 9.17) is 4.42 Å². The molecule has 1 aliphatic heterocycles. The van der Waals surface area contributed by atoms with Gasteiger partial charge < -0.3 is 19.6 Å². The number of benzene rings is 3. The van der Waals surface area contributed by atoms with Crippen LogP contribution in [0.15, 0.2) is 71.1 Å². The maximum atomic E-state index is 13.7. The molecule has 2 amide bonds. The van der Waals surface area contributed by atoms with Crippen LogP contribution in [0, 0.1) is 5.82 Å². The molecule has 43 heavy (non-hydrogen) atoms. The number of para-hydroxylation sites is 1. The Hall–Kier alpha value is -4.64. The minimum absolute atomic E-state index is 0.132. The van der Waals surface area contributed by atoms with Gasteiger partial charge in [0.2, 0.25) is 10.0 Å². The van der Waals surface area contributed by atoms with E-state index in [1.165, 1.54) is 42.7 Å². The lowest BCUT2D eigenvalue weighted by Crippen LogP contribution is -2.39. The molecule has 1 atom stereocenters. The fraction of sp³-hybridized carbons (Fsp3) is 0.250. The van der Waals surface area contributed by atoms with Gasteiger partial charge in [0.15, 0.2) is 0 Å². The number of likely N-dealkylation sites (tertiary alicyclic amines) is 1. The van der Waals surface area contributed by atoms with Gasteiger partial charge in [-0.15, -0.1) is 0 Å². The SMILES string of the molecule is CNC(=O)c1c(-c2ccc(F)cc2)oc2cc(N(C)S(C)(=O)=O)c(C3CCCN(C(=O)c4cc5ccccc5[nH]4)C3)cc12. The minimum atomic E-state index is -3.67. The van der Waals surface area contributed by atoms with Crippen molar-refractivity contribution >= 4 is 49.4 Å². The average Bonchev–Trinajstić information content (AvgIpc) is 3.61. The number of carbonyl (C=O) groups is 2. The van der Waals surface area contributed by atoms with Crippen LogP contribution in [-0.2, 0) is 10.0 Å². The van der Waals surface area contributed by atoms with E-state index in [9.17, 15) is 22.4 Å². The highest BCUT2D eigenvalue weighted by Gasteiger charge is 2.32. The van der Waals surface area contributed by atoms with Crippen LogP contribution in [0.4, 0.5) is 10.1 Å². The Labute approximate surface area is 248 Å². The third kappa shape index (κ3) is 5.25. The predicted molar refractivity (Wildman–Crippen MR) is 164 cm³/mol. The van der Waals surface area contributed by atoms with Crippen molar-refractivity contribution in [2.75, 3.05) is 37.7 Å². The molecular weight excluding hydrogens is 571 g/mol. The van der Waals surface area contributed by atoms with Gasteiger partial charge in [-0.3, -0.25) is 13.9 Å². The molecular formula is C32H31FN4O5S. The summed E-state index contributed by atoms with van der Waals surface area (Å²) in [6.07, 6.45) is 2.55. The quantitative estimate of drug-likeness (QED) is 0.267. The second-order valence-electron chi connectivity index (χ2n) is 10.9. The first-order chi connectivity index (χ1) is 20.5. The zero-order chi connectivity index (χ0) is 30.5. The summed E-state index contributed by atoms with van der Waals surface area (Å²) < 4.78 is 46.6. The van der Waals surface area contributed by atoms with Crippen molar-refractivity contribution in [3.05, 3.63) is 89.4 Å². The second kappa shape index (κ2) is 10.9.